The van der Waals surface area contributed by atoms with Crippen LogP contribution >= 0.6 is 0 Å². The molecule has 0 aliphatic heterocycles. The molecule has 3 N–H and O–H groups in total. The van der Waals surface area contributed by atoms with E-state index in [9.17, 15) is 9.18 Å². The van der Waals surface area contributed by atoms with Crippen molar-refractivity contribution >= 4 is 11.7 Å². The Bertz CT molecular complexity index is 342. The maximum absolute atomic E-state index is 12.5. The Balaban J connectivity index is 2.47. The number of nitrogens with one attached hydrogen (secondary N) is 1. The summed E-state index contributed by atoms with van der Waals surface area (Å²) >= 11 is 0. The van der Waals surface area contributed by atoms with Crippen LogP contribution in [0.15, 0.2) is 18.3 Å². The Hall–Kier alpha value is -1.53. The van der Waals surface area contributed by atoms with Crippen LogP contribution in [-0.2, 0) is 9.53 Å². The molecule has 1 unspecified atom stereocenters. The monoisotopic (exact) mass is 227 g/mol. The van der Waals surface area contributed by atoms with Crippen LogP contribution in [0.2, 0.25) is 0 Å². The second kappa shape index (κ2) is 6.14. The van der Waals surface area contributed by atoms with Gasteiger partial charge in [0.25, 0.3) is 0 Å². The first kappa shape index (κ1) is 12.5. The van der Waals surface area contributed by atoms with Crippen LogP contribution in [0.4, 0.5) is 10.2 Å². The quantitative estimate of drug-likeness (QED) is 0.769. The number of hydrogen-bond acceptors (Lipinski definition) is 4. The third kappa shape index (κ3) is 3.92. The van der Waals surface area contributed by atoms with Gasteiger partial charge in [0.2, 0.25) is 5.91 Å². The summed E-state index contributed by atoms with van der Waals surface area (Å²) in [7, 11) is 1.53. The lowest BCUT2D eigenvalue weighted by atomic mass is 10.2. The first-order valence-electron chi connectivity index (χ1n) is 4.80. The number of methoxy groups -OCH3 is 1. The number of rotatable bonds is 5. The van der Waals surface area contributed by atoms with Crippen LogP contribution in [0.5, 0.6) is 0 Å². The molecule has 6 heteroatoms. The standard InChI is InChI=1S/C10H14FN3O2/c1-16-5-4-8(12)10(15)14-9-3-2-7(11)6-13-9/h2-3,6,8H,4-5,12H2,1H3,(H,13,14,15). The first-order chi connectivity index (χ1) is 7.63. The molecular weight excluding hydrogens is 213 g/mol. The largest absolute Gasteiger partial charge is 0.385 e. The summed E-state index contributed by atoms with van der Waals surface area (Å²) in [6, 6.07) is 1.92. The molecule has 5 nitrogen and oxygen atoms in total. The molecule has 88 valence electrons. The number of carbonyl (C=O) groups is 1. The number of halogens is 1. The summed E-state index contributed by atoms with van der Waals surface area (Å²) in [5.41, 5.74) is 5.59. The minimum absolute atomic E-state index is 0.277. The molecule has 0 radical (unpaired) electrons. The molecule has 1 rings (SSSR count). The van der Waals surface area contributed by atoms with Crippen LogP contribution in [0.3, 0.4) is 0 Å². The van der Waals surface area contributed by atoms with Gasteiger partial charge in [-0.3, -0.25) is 4.79 Å². The van der Waals surface area contributed by atoms with E-state index in [2.05, 4.69) is 10.3 Å². The number of hydrogen-bond donors (Lipinski definition) is 2. The van der Waals surface area contributed by atoms with Gasteiger partial charge in [-0.1, -0.05) is 0 Å². The highest BCUT2D eigenvalue weighted by atomic mass is 19.1. The highest BCUT2D eigenvalue weighted by Crippen LogP contribution is 2.04. The highest BCUT2D eigenvalue weighted by Gasteiger charge is 2.13. The molecule has 1 atom stereocenters. The Morgan fingerprint density at radius 1 is 1.69 bits per heavy atom. The minimum Gasteiger partial charge on any atom is -0.385 e. The number of ether oxygens (including phenoxy) is 1. The molecule has 0 saturated carbocycles. The molecule has 0 saturated heterocycles. The summed E-state index contributed by atoms with van der Waals surface area (Å²) in [5, 5.41) is 2.48. The highest BCUT2D eigenvalue weighted by molar-refractivity contribution is 5.93. The fourth-order valence-corrected chi connectivity index (χ4v) is 1.04. The average molecular weight is 227 g/mol. The van der Waals surface area contributed by atoms with Crippen molar-refractivity contribution in [2.45, 2.75) is 12.5 Å². The van der Waals surface area contributed by atoms with Crippen molar-refractivity contribution in [1.82, 2.24) is 4.98 Å². The van der Waals surface area contributed by atoms with E-state index in [4.69, 9.17) is 10.5 Å². The van der Waals surface area contributed by atoms with Crippen molar-refractivity contribution < 1.29 is 13.9 Å². The van der Waals surface area contributed by atoms with Gasteiger partial charge < -0.3 is 15.8 Å². The second-order valence-corrected chi connectivity index (χ2v) is 3.24. The van der Waals surface area contributed by atoms with Crippen LogP contribution in [0.25, 0.3) is 0 Å². The van der Waals surface area contributed by atoms with Crippen LogP contribution in [0.1, 0.15) is 6.42 Å². The zero-order valence-electron chi connectivity index (χ0n) is 8.94. The molecule has 1 heterocycles. The molecule has 0 aliphatic rings. The van der Waals surface area contributed by atoms with E-state index in [0.29, 0.717) is 13.0 Å². The molecule has 16 heavy (non-hydrogen) atoms. The predicted octanol–water partition coefficient (Wildman–Crippen LogP) is 0.523. The van der Waals surface area contributed by atoms with Crippen molar-refractivity contribution in [1.29, 1.82) is 0 Å². The lowest BCUT2D eigenvalue weighted by Gasteiger charge is -2.10. The third-order valence-electron chi connectivity index (χ3n) is 1.95. The number of amides is 1. The Kier molecular flexibility index (Phi) is 4.81. The van der Waals surface area contributed by atoms with Gasteiger partial charge >= 0.3 is 0 Å². The summed E-state index contributed by atoms with van der Waals surface area (Å²) in [6.07, 6.45) is 1.44. The lowest BCUT2D eigenvalue weighted by molar-refractivity contribution is -0.117. The molecule has 1 aromatic heterocycles. The number of carbonyl (C=O) groups excluding carboxylic acids is 1. The predicted molar refractivity (Wildman–Crippen MR) is 57.3 cm³/mol. The number of anilines is 1. The van der Waals surface area contributed by atoms with E-state index >= 15 is 0 Å². The normalized spacial score (nSPS) is 12.2. The number of pyridine rings is 1. The van der Waals surface area contributed by atoms with E-state index in [1.54, 1.807) is 0 Å². The first-order valence-corrected chi connectivity index (χ1v) is 4.80. The van der Waals surface area contributed by atoms with E-state index in [-0.39, 0.29) is 11.7 Å². The van der Waals surface area contributed by atoms with Gasteiger partial charge in [-0.25, -0.2) is 9.37 Å². The Labute approximate surface area is 92.8 Å². The number of nitrogens with zero attached hydrogens (tertiary/aromatic N) is 1. The van der Waals surface area contributed by atoms with Crippen LogP contribution in [-0.4, -0.2) is 30.6 Å². The number of nitrogens with two attached hydrogens (primary N) is 1. The summed E-state index contributed by atoms with van der Waals surface area (Å²) in [6.45, 7) is 0.408. The van der Waals surface area contributed by atoms with Gasteiger partial charge in [0.05, 0.1) is 12.2 Å². The number of aromatic nitrogens is 1. The zero-order valence-corrected chi connectivity index (χ0v) is 8.94. The van der Waals surface area contributed by atoms with Crippen molar-refractivity contribution in [2.24, 2.45) is 5.73 Å². The van der Waals surface area contributed by atoms with Gasteiger partial charge in [0.15, 0.2) is 0 Å². The van der Waals surface area contributed by atoms with E-state index in [1.165, 1.54) is 19.2 Å². The summed E-state index contributed by atoms with van der Waals surface area (Å²) < 4.78 is 17.3. The molecule has 0 aromatic carbocycles. The third-order valence-corrected chi connectivity index (χ3v) is 1.95. The van der Waals surface area contributed by atoms with E-state index in [0.717, 1.165) is 6.20 Å². The maximum Gasteiger partial charge on any atom is 0.242 e. The SMILES string of the molecule is COCCC(N)C(=O)Nc1ccc(F)cn1. The van der Waals surface area contributed by atoms with E-state index in [1.807, 2.05) is 0 Å². The lowest BCUT2D eigenvalue weighted by Crippen LogP contribution is -2.36. The van der Waals surface area contributed by atoms with Crippen LogP contribution < -0.4 is 11.1 Å². The average Bonchev–Trinajstić information content (AvgIpc) is 2.29. The molecule has 0 aliphatic carbocycles. The van der Waals surface area contributed by atoms with Gasteiger partial charge in [-0.05, 0) is 18.6 Å². The zero-order chi connectivity index (χ0) is 12.0. The molecule has 1 aromatic rings. The Morgan fingerprint density at radius 2 is 2.44 bits per heavy atom. The van der Waals surface area contributed by atoms with Gasteiger partial charge in [-0.15, -0.1) is 0 Å². The maximum atomic E-state index is 12.5. The fraction of sp³-hybridized carbons (Fsp3) is 0.400. The van der Waals surface area contributed by atoms with Gasteiger partial charge in [0.1, 0.15) is 11.6 Å². The fourth-order valence-electron chi connectivity index (χ4n) is 1.04. The van der Waals surface area contributed by atoms with Crippen LogP contribution in [0, 0.1) is 5.82 Å². The molecule has 0 spiro atoms. The van der Waals surface area contributed by atoms with Crippen molar-refractivity contribution in [3.63, 3.8) is 0 Å². The van der Waals surface area contributed by atoms with Gasteiger partial charge in [0, 0.05) is 13.7 Å². The van der Waals surface area contributed by atoms with Crippen molar-refractivity contribution in [3.05, 3.63) is 24.1 Å². The topological polar surface area (TPSA) is 77.2 Å². The van der Waals surface area contributed by atoms with E-state index < -0.39 is 11.9 Å². The van der Waals surface area contributed by atoms with Crippen molar-refractivity contribution in [3.8, 4) is 0 Å². The minimum atomic E-state index is -0.660. The molecular formula is C10H14FN3O2. The smallest absolute Gasteiger partial charge is 0.242 e. The Morgan fingerprint density at radius 3 is 3.00 bits per heavy atom. The van der Waals surface area contributed by atoms with Crippen molar-refractivity contribution in [2.75, 3.05) is 19.0 Å². The molecule has 0 fully saturated rings. The second-order valence-electron chi connectivity index (χ2n) is 3.24. The molecule has 0 bridgehead atoms. The summed E-state index contributed by atoms with van der Waals surface area (Å²) in [5.74, 6) is -0.544. The molecule has 1 amide bonds. The van der Waals surface area contributed by atoms with Gasteiger partial charge in [-0.2, -0.15) is 0 Å². The summed E-state index contributed by atoms with van der Waals surface area (Å²) in [4.78, 5) is 15.2.